The molecule has 0 bridgehead atoms. The third kappa shape index (κ3) is 4.33. The lowest BCUT2D eigenvalue weighted by Gasteiger charge is -2.13. The molecule has 1 amide bonds. The fraction of sp³-hybridized carbons (Fsp3) is 0.294. The minimum atomic E-state index is -2.98. The number of nitrogens with zero attached hydrogens (tertiary/aromatic N) is 1. The van der Waals surface area contributed by atoms with Gasteiger partial charge >= 0.3 is 0 Å². The zero-order valence-corrected chi connectivity index (χ0v) is 14.2. The van der Waals surface area contributed by atoms with Crippen LogP contribution in [0.15, 0.2) is 42.6 Å². The van der Waals surface area contributed by atoms with E-state index in [4.69, 9.17) is 0 Å². The van der Waals surface area contributed by atoms with Crippen molar-refractivity contribution in [1.82, 2.24) is 10.3 Å². The Bertz CT molecular complexity index is 886. The second-order valence-corrected chi connectivity index (χ2v) is 8.21. The smallest absolute Gasteiger partial charge is 0.255 e. The summed E-state index contributed by atoms with van der Waals surface area (Å²) in [5, 5.41) is 5.56. The Balaban J connectivity index is 1.70. The molecule has 1 aromatic heterocycles. The molecular formula is C17H18FN3O3S. The normalized spacial score (nSPS) is 18.7. The zero-order chi connectivity index (χ0) is 17.9. The maximum Gasteiger partial charge on any atom is 0.255 e. The molecule has 1 atom stereocenters. The predicted molar refractivity (Wildman–Crippen MR) is 93.0 cm³/mol. The molecule has 3 rings (SSSR count). The lowest BCUT2D eigenvalue weighted by Crippen LogP contribution is -2.30. The molecule has 1 aliphatic rings. The van der Waals surface area contributed by atoms with Crippen molar-refractivity contribution in [3.05, 3.63) is 54.0 Å². The van der Waals surface area contributed by atoms with Crippen LogP contribution in [-0.2, 0) is 9.84 Å². The maximum atomic E-state index is 13.8. The van der Waals surface area contributed by atoms with E-state index in [9.17, 15) is 17.6 Å². The average molecular weight is 363 g/mol. The maximum absolute atomic E-state index is 13.8. The van der Waals surface area contributed by atoms with Crippen molar-refractivity contribution >= 4 is 27.2 Å². The first-order valence-electron chi connectivity index (χ1n) is 7.90. The van der Waals surface area contributed by atoms with Gasteiger partial charge in [-0.15, -0.1) is 0 Å². The number of rotatable bonds is 5. The van der Waals surface area contributed by atoms with E-state index in [1.807, 2.05) is 0 Å². The van der Waals surface area contributed by atoms with E-state index in [-0.39, 0.29) is 46.9 Å². The van der Waals surface area contributed by atoms with Crippen LogP contribution in [0.5, 0.6) is 0 Å². The van der Waals surface area contributed by atoms with Crippen LogP contribution in [0.4, 0.5) is 15.9 Å². The van der Waals surface area contributed by atoms with Crippen LogP contribution >= 0.6 is 0 Å². The average Bonchev–Trinajstić information content (AvgIpc) is 2.94. The number of hydrogen-bond acceptors (Lipinski definition) is 5. The number of pyridine rings is 1. The summed E-state index contributed by atoms with van der Waals surface area (Å²) < 4.78 is 36.7. The van der Waals surface area contributed by atoms with Gasteiger partial charge in [-0.05, 0) is 36.6 Å². The molecule has 25 heavy (non-hydrogen) atoms. The monoisotopic (exact) mass is 363 g/mol. The Morgan fingerprint density at radius 1 is 1.24 bits per heavy atom. The molecule has 1 saturated heterocycles. The molecule has 8 heteroatoms. The van der Waals surface area contributed by atoms with E-state index in [0.29, 0.717) is 6.42 Å². The number of carbonyl (C=O) groups excluding carboxylic acids is 1. The summed E-state index contributed by atoms with van der Waals surface area (Å²) in [7, 11) is -2.98. The van der Waals surface area contributed by atoms with Gasteiger partial charge in [0.2, 0.25) is 0 Å². The van der Waals surface area contributed by atoms with Gasteiger partial charge in [0.25, 0.3) is 5.91 Å². The minimum Gasteiger partial charge on any atom is -0.352 e. The van der Waals surface area contributed by atoms with Crippen molar-refractivity contribution in [3.63, 3.8) is 0 Å². The van der Waals surface area contributed by atoms with E-state index in [2.05, 4.69) is 15.6 Å². The fourth-order valence-corrected chi connectivity index (χ4v) is 4.61. The second-order valence-electron chi connectivity index (χ2n) is 5.98. The summed E-state index contributed by atoms with van der Waals surface area (Å²) in [5.41, 5.74) is 0.490. The van der Waals surface area contributed by atoms with Crippen LogP contribution < -0.4 is 10.6 Å². The van der Waals surface area contributed by atoms with Gasteiger partial charge in [0.05, 0.1) is 22.8 Å². The molecule has 2 N–H and O–H groups in total. The van der Waals surface area contributed by atoms with Gasteiger partial charge in [0.15, 0.2) is 9.84 Å². The highest BCUT2D eigenvalue weighted by atomic mass is 32.2. The summed E-state index contributed by atoms with van der Waals surface area (Å²) in [6, 6.07) is 9.30. The number of hydrogen-bond donors (Lipinski definition) is 2. The quantitative estimate of drug-likeness (QED) is 0.850. The van der Waals surface area contributed by atoms with E-state index in [1.165, 1.54) is 12.3 Å². The SMILES string of the molecule is O=C(NC[C@@H]1CCS(=O)(=O)C1)c1cccnc1Nc1ccccc1F. The van der Waals surface area contributed by atoms with Crippen molar-refractivity contribution in [1.29, 1.82) is 0 Å². The molecule has 1 fully saturated rings. The molecule has 2 heterocycles. The van der Waals surface area contributed by atoms with Crippen molar-refractivity contribution in [2.45, 2.75) is 6.42 Å². The highest BCUT2D eigenvalue weighted by Crippen LogP contribution is 2.21. The molecule has 132 valence electrons. The first-order valence-corrected chi connectivity index (χ1v) is 9.72. The molecule has 1 aliphatic heterocycles. The Labute approximate surface area is 145 Å². The van der Waals surface area contributed by atoms with Crippen molar-refractivity contribution in [2.24, 2.45) is 5.92 Å². The lowest BCUT2D eigenvalue weighted by atomic mass is 10.1. The van der Waals surface area contributed by atoms with E-state index >= 15 is 0 Å². The molecule has 0 unspecified atom stereocenters. The molecule has 6 nitrogen and oxygen atoms in total. The predicted octanol–water partition coefficient (Wildman–Crippen LogP) is 2.13. The number of anilines is 2. The molecule has 0 aliphatic carbocycles. The van der Waals surface area contributed by atoms with E-state index in [0.717, 1.165) is 0 Å². The number of aromatic nitrogens is 1. The standard InChI is InChI=1S/C17H18FN3O3S/c18-14-5-1-2-6-15(14)21-16-13(4-3-8-19-16)17(22)20-10-12-7-9-25(23,24)11-12/h1-6,8,12H,7,9-11H2,(H,19,21)(H,20,22)/t12-/m0/s1. The highest BCUT2D eigenvalue weighted by molar-refractivity contribution is 7.91. The zero-order valence-electron chi connectivity index (χ0n) is 13.4. The first-order chi connectivity index (χ1) is 11.9. The van der Waals surface area contributed by atoms with Gasteiger partial charge in [-0.25, -0.2) is 17.8 Å². The summed E-state index contributed by atoms with van der Waals surface area (Å²) in [6.07, 6.45) is 2.06. The summed E-state index contributed by atoms with van der Waals surface area (Å²) >= 11 is 0. The van der Waals surface area contributed by atoms with Crippen LogP contribution in [0.3, 0.4) is 0 Å². The first kappa shape index (κ1) is 17.3. The topological polar surface area (TPSA) is 88.2 Å². The van der Waals surface area contributed by atoms with Crippen LogP contribution in [-0.4, -0.2) is 37.4 Å². The van der Waals surface area contributed by atoms with Crippen molar-refractivity contribution < 1.29 is 17.6 Å². The van der Waals surface area contributed by atoms with Gasteiger partial charge in [-0.3, -0.25) is 4.79 Å². The number of para-hydroxylation sites is 1. The largest absolute Gasteiger partial charge is 0.352 e. The Kier molecular flexibility index (Phi) is 4.98. The van der Waals surface area contributed by atoms with Crippen LogP contribution in [0.25, 0.3) is 0 Å². The Morgan fingerprint density at radius 3 is 2.76 bits per heavy atom. The molecule has 1 aromatic carbocycles. The minimum absolute atomic E-state index is 0.0754. The molecule has 0 radical (unpaired) electrons. The molecule has 0 spiro atoms. The van der Waals surface area contributed by atoms with Gasteiger partial charge in [0, 0.05) is 12.7 Å². The third-order valence-electron chi connectivity index (χ3n) is 4.06. The highest BCUT2D eigenvalue weighted by Gasteiger charge is 2.28. The number of carbonyl (C=O) groups is 1. The number of nitrogens with one attached hydrogen (secondary N) is 2. The van der Waals surface area contributed by atoms with Gasteiger partial charge < -0.3 is 10.6 Å². The number of benzene rings is 1. The van der Waals surface area contributed by atoms with Gasteiger partial charge in [0.1, 0.15) is 11.6 Å². The second kappa shape index (κ2) is 7.18. The summed E-state index contributed by atoms with van der Waals surface area (Å²) in [5.74, 6) is -0.397. The summed E-state index contributed by atoms with van der Waals surface area (Å²) in [4.78, 5) is 16.5. The van der Waals surface area contributed by atoms with Crippen LogP contribution in [0, 0.1) is 11.7 Å². The van der Waals surface area contributed by atoms with Gasteiger partial charge in [-0.1, -0.05) is 12.1 Å². The Morgan fingerprint density at radius 2 is 2.04 bits per heavy atom. The van der Waals surface area contributed by atoms with Gasteiger partial charge in [-0.2, -0.15) is 0 Å². The van der Waals surface area contributed by atoms with E-state index < -0.39 is 15.7 Å². The number of amides is 1. The fourth-order valence-electron chi connectivity index (χ4n) is 2.74. The molecule has 0 saturated carbocycles. The number of sulfone groups is 1. The van der Waals surface area contributed by atoms with Crippen LogP contribution in [0.2, 0.25) is 0 Å². The summed E-state index contributed by atoms with van der Waals surface area (Å²) in [6.45, 7) is 0.284. The lowest BCUT2D eigenvalue weighted by molar-refractivity contribution is 0.0949. The Hall–Kier alpha value is -2.48. The molecular weight excluding hydrogens is 345 g/mol. The van der Waals surface area contributed by atoms with Crippen LogP contribution in [0.1, 0.15) is 16.8 Å². The van der Waals surface area contributed by atoms with E-state index in [1.54, 1.807) is 30.3 Å². The molecule has 2 aromatic rings. The number of halogens is 1. The third-order valence-corrected chi connectivity index (χ3v) is 5.89. The van der Waals surface area contributed by atoms with Crippen molar-refractivity contribution in [3.8, 4) is 0 Å². The van der Waals surface area contributed by atoms with Crippen molar-refractivity contribution in [2.75, 3.05) is 23.4 Å².